The average Bonchev–Trinajstić information content (AvgIpc) is 4.21. The maximum Gasteiger partial charge on any atom is 0.248 e. The van der Waals surface area contributed by atoms with Crippen molar-refractivity contribution in [3.8, 4) is 5.75 Å². The molecule has 0 radical (unpaired) electrons. The minimum Gasteiger partial charge on any atom is -0.508 e. The van der Waals surface area contributed by atoms with E-state index in [-0.39, 0.29) is 24.2 Å². The van der Waals surface area contributed by atoms with E-state index in [1.807, 2.05) is 6.92 Å². The van der Waals surface area contributed by atoms with Crippen molar-refractivity contribution in [3.05, 3.63) is 59.7 Å². The van der Waals surface area contributed by atoms with Crippen LogP contribution in [0.4, 0.5) is 0 Å². The van der Waals surface area contributed by atoms with Crippen LogP contribution < -0.4 is 32.3 Å². The first kappa shape index (κ1) is 66.9. The van der Waals surface area contributed by atoms with Crippen LogP contribution in [0.3, 0.4) is 0 Å². The van der Waals surface area contributed by atoms with Gasteiger partial charge in [-0.25, -0.2) is 0 Å². The molecule has 0 aliphatic carbocycles. The summed E-state index contributed by atoms with van der Waals surface area (Å²) in [5.41, 5.74) is 6.18. The summed E-state index contributed by atoms with van der Waals surface area (Å²) in [6.45, 7) is 8.75. The van der Waals surface area contributed by atoms with Gasteiger partial charge in [-0.2, -0.15) is 0 Å². The Morgan fingerprint density at radius 1 is 0.720 bits per heavy atom. The maximum absolute atomic E-state index is 14.8. The van der Waals surface area contributed by atoms with Gasteiger partial charge >= 0.3 is 0 Å². The number of carbonyl (C=O) groups is 8. The number of phenols is 1. The zero-order valence-electron chi connectivity index (χ0n) is 47.4. The quantitative estimate of drug-likeness (QED) is 0.0677. The van der Waals surface area contributed by atoms with Crippen molar-refractivity contribution in [2.45, 2.75) is 214 Å². The lowest BCUT2D eigenvalue weighted by Crippen LogP contribution is -2.64. The van der Waals surface area contributed by atoms with E-state index < -0.39 is 164 Å². The largest absolute Gasteiger partial charge is 0.508 e. The standard InChI is InChI=1S/C57H86N8O16S/c1-6-30(2)25-32(4)13-11-9-7-8-10-12-14-44(73)59-38-27-42(71)55(82-37-21-15-31(3)16-22-37)63-54(79)48-40(69)23-24-64(48)57(81)46(41(70)28-43(58)72)61-53(78)47(50(75)49(74)34-17-19-35(67)20-18-34)62-52(77)39-26-36(68)29-65(39)56(80)45(33(5)66)60-51(38)76/h15-22,30,32-33,36,38-42,45-50,55,66-71,74-75H,6-14,23-29H2,1-5H3,(H2,58,72)(H,59,73)(H,60,76)(H,61,78)(H,62,77)(H,63,79)/t30?,32?,33-,36-,38+,39+,40+,41-,42-,45+,46+,47+,48+,49+,50+,55-/m1/s1. The van der Waals surface area contributed by atoms with Crippen molar-refractivity contribution in [1.29, 1.82) is 0 Å². The van der Waals surface area contributed by atoms with Crippen LogP contribution in [0.5, 0.6) is 5.75 Å². The predicted octanol–water partition coefficient (Wildman–Crippen LogP) is -0.233. The van der Waals surface area contributed by atoms with Gasteiger partial charge in [-0.15, -0.1) is 0 Å². The normalized spacial score (nSPS) is 27.5. The van der Waals surface area contributed by atoms with Gasteiger partial charge in [0, 0.05) is 37.2 Å². The van der Waals surface area contributed by atoms with Crippen molar-refractivity contribution < 1.29 is 79.2 Å². The number of fused-ring (bicyclic) bond motifs is 2. The van der Waals surface area contributed by atoms with E-state index in [4.69, 9.17) is 5.73 Å². The molecule has 0 aromatic heterocycles. The van der Waals surface area contributed by atoms with Gasteiger partial charge < -0.3 is 83.0 Å². The van der Waals surface area contributed by atoms with E-state index in [1.165, 1.54) is 18.6 Å². The number of aliphatic hydroxyl groups is 7. The number of primary amides is 1. The van der Waals surface area contributed by atoms with Crippen LogP contribution in [-0.4, -0.2) is 189 Å². The molecule has 3 aliphatic heterocycles. The minimum absolute atomic E-state index is 0.0388. The molecule has 456 valence electrons. The van der Waals surface area contributed by atoms with Crippen LogP contribution in [0.15, 0.2) is 53.4 Å². The topological polar surface area (TPSA) is 391 Å². The van der Waals surface area contributed by atoms with E-state index in [2.05, 4.69) is 47.4 Å². The molecule has 15 N–H and O–H groups in total. The Hall–Kier alpha value is -5.93. The van der Waals surface area contributed by atoms with Crippen molar-refractivity contribution in [2.24, 2.45) is 17.6 Å². The second-order valence-corrected chi connectivity index (χ2v) is 23.7. The summed E-state index contributed by atoms with van der Waals surface area (Å²) in [5.74, 6) is -7.99. The average molecular weight is 1170 g/mol. The lowest BCUT2D eigenvalue weighted by atomic mass is 9.91. The highest BCUT2D eigenvalue weighted by Gasteiger charge is 2.49. The van der Waals surface area contributed by atoms with E-state index >= 15 is 0 Å². The number of hydrogen-bond acceptors (Lipinski definition) is 17. The summed E-state index contributed by atoms with van der Waals surface area (Å²) in [4.78, 5) is 116. The molecule has 2 aromatic rings. The highest BCUT2D eigenvalue weighted by Crippen LogP contribution is 2.30. The van der Waals surface area contributed by atoms with Gasteiger partial charge in [0.2, 0.25) is 47.3 Å². The Bertz CT molecular complexity index is 2480. The van der Waals surface area contributed by atoms with Crippen LogP contribution in [0.25, 0.3) is 0 Å². The van der Waals surface area contributed by atoms with Crippen LogP contribution in [-0.2, 0) is 38.4 Å². The molecule has 3 saturated heterocycles. The Balaban J connectivity index is 1.54. The lowest BCUT2D eigenvalue weighted by molar-refractivity contribution is -0.148. The molecule has 24 nitrogen and oxygen atoms in total. The fourth-order valence-electron chi connectivity index (χ4n) is 10.7. The number of benzene rings is 2. The fourth-order valence-corrected chi connectivity index (χ4v) is 11.7. The van der Waals surface area contributed by atoms with Crippen molar-refractivity contribution in [1.82, 2.24) is 36.4 Å². The molecule has 0 saturated carbocycles. The molecule has 25 heteroatoms. The number of phenolic OH excluding ortho intramolecular Hbond substituents is 1. The van der Waals surface area contributed by atoms with Crippen molar-refractivity contribution in [2.75, 3.05) is 13.1 Å². The van der Waals surface area contributed by atoms with Crippen LogP contribution >= 0.6 is 11.8 Å². The molecule has 8 amide bonds. The fraction of sp³-hybridized carbons (Fsp3) is 0.649. The summed E-state index contributed by atoms with van der Waals surface area (Å²) in [7, 11) is 0. The van der Waals surface area contributed by atoms with Gasteiger partial charge in [0.15, 0.2) is 0 Å². The summed E-state index contributed by atoms with van der Waals surface area (Å²) in [6.07, 6.45) is -6.94. The zero-order chi connectivity index (χ0) is 60.5. The molecule has 82 heavy (non-hydrogen) atoms. The molecule has 3 aliphatic rings. The maximum atomic E-state index is 14.8. The number of nitrogens with two attached hydrogens (primary N) is 1. The summed E-state index contributed by atoms with van der Waals surface area (Å²) in [6, 6.07) is -0.144. The van der Waals surface area contributed by atoms with Crippen molar-refractivity contribution in [3.63, 3.8) is 0 Å². The van der Waals surface area contributed by atoms with E-state index in [0.717, 1.165) is 84.7 Å². The SMILES string of the molecule is CCC(C)CC(C)CCCCCCCCC(=O)N[C@H]1C[C@@H](O)[C@@H](Sc2ccc(C)cc2)NC(=O)[C@@H]2[C@@H](O)CCN2C(=O)[C@H]([C@H](O)CC(N)=O)NC(=O)[C@H]([C@H](O)[C@@H](O)c2ccc(O)cc2)NC(=O)[C@@H]2C[C@@H](O)CN2C(=O)[C@H]([C@@H](C)O)NC1=O. The number of aromatic hydroxyl groups is 1. The van der Waals surface area contributed by atoms with Crippen LogP contribution in [0.1, 0.15) is 135 Å². The highest BCUT2D eigenvalue weighted by molar-refractivity contribution is 8.00. The Kier molecular flexibility index (Phi) is 25.8. The third kappa shape index (κ3) is 19.1. The Morgan fingerprint density at radius 3 is 1.96 bits per heavy atom. The molecule has 5 rings (SSSR count). The number of thioether (sulfide) groups is 1. The van der Waals surface area contributed by atoms with Gasteiger partial charge in [0.25, 0.3) is 0 Å². The number of aryl methyl sites for hydroxylation is 1. The summed E-state index contributed by atoms with van der Waals surface area (Å²) in [5, 5.41) is 101. The molecular formula is C57H86N8O16S. The zero-order valence-corrected chi connectivity index (χ0v) is 48.2. The first-order valence-corrected chi connectivity index (χ1v) is 29.4. The molecule has 2 aromatic carbocycles. The lowest BCUT2D eigenvalue weighted by Gasteiger charge is -2.34. The summed E-state index contributed by atoms with van der Waals surface area (Å²) >= 11 is 0.908. The van der Waals surface area contributed by atoms with Gasteiger partial charge in [-0.3, -0.25) is 38.4 Å². The Morgan fingerprint density at radius 2 is 1.33 bits per heavy atom. The molecule has 16 atom stereocenters. The van der Waals surface area contributed by atoms with Crippen LogP contribution in [0.2, 0.25) is 0 Å². The molecule has 0 bridgehead atoms. The van der Waals surface area contributed by atoms with Crippen LogP contribution in [0, 0.1) is 18.8 Å². The molecular weight excluding hydrogens is 1080 g/mol. The monoisotopic (exact) mass is 1170 g/mol. The number of carbonyl (C=O) groups excluding carboxylic acids is 8. The van der Waals surface area contributed by atoms with Gasteiger partial charge in [-0.05, 0) is 74.8 Å². The number of nitrogens with one attached hydrogen (secondary N) is 5. The number of unbranched alkanes of at least 4 members (excludes halogenated alkanes) is 5. The minimum atomic E-state index is -2.35. The Labute approximate surface area is 482 Å². The van der Waals surface area contributed by atoms with E-state index in [0.29, 0.717) is 29.6 Å². The predicted molar refractivity (Wildman–Crippen MR) is 300 cm³/mol. The number of aliphatic hydroxyl groups excluding tert-OH is 7. The molecule has 3 heterocycles. The van der Waals surface area contributed by atoms with Gasteiger partial charge in [-0.1, -0.05) is 107 Å². The van der Waals surface area contributed by atoms with E-state index in [9.17, 15) is 79.2 Å². The highest BCUT2D eigenvalue weighted by atomic mass is 32.2. The molecule has 2 unspecified atom stereocenters. The van der Waals surface area contributed by atoms with Gasteiger partial charge in [0.1, 0.15) is 59.6 Å². The first-order chi connectivity index (χ1) is 38.8. The summed E-state index contributed by atoms with van der Waals surface area (Å²) < 4.78 is 0. The third-order valence-electron chi connectivity index (χ3n) is 15.6. The number of rotatable bonds is 22. The third-order valence-corrected chi connectivity index (χ3v) is 16.8. The van der Waals surface area contributed by atoms with Gasteiger partial charge in [0.05, 0.1) is 36.9 Å². The first-order valence-electron chi connectivity index (χ1n) is 28.5. The number of nitrogens with zero attached hydrogens (tertiary/aromatic N) is 2. The second kappa shape index (κ2) is 31.7. The second-order valence-electron chi connectivity index (χ2n) is 22.5. The molecule has 0 spiro atoms. The van der Waals surface area contributed by atoms with Crippen molar-refractivity contribution >= 4 is 59.0 Å². The number of hydrogen-bond donors (Lipinski definition) is 14. The van der Waals surface area contributed by atoms with E-state index in [1.54, 1.807) is 24.3 Å². The number of amides is 8. The molecule has 3 fully saturated rings. The smallest absolute Gasteiger partial charge is 0.248 e.